The first-order valence-electron chi connectivity index (χ1n) is 18.4. The van der Waals surface area contributed by atoms with E-state index >= 15 is 9.59 Å². The highest BCUT2D eigenvalue weighted by molar-refractivity contribution is 6.36. The first-order valence-corrected chi connectivity index (χ1v) is 19.1. The zero-order valence-electron chi connectivity index (χ0n) is 30.3. The topological polar surface area (TPSA) is 116 Å². The third-order valence-electron chi connectivity index (χ3n) is 12.0. The highest BCUT2D eigenvalue weighted by Crippen LogP contribution is 2.65. The molecule has 11 heteroatoms. The molecule has 2 N–H and O–H groups in total. The molecule has 2 aliphatic carbocycles. The number of anilines is 2. The quantitative estimate of drug-likeness (QED) is 0.130. The molecule has 1 saturated carbocycles. The van der Waals surface area contributed by atoms with Gasteiger partial charge in [-0.3, -0.25) is 29.5 Å². The lowest BCUT2D eigenvalue weighted by atomic mass is 9.49. The van der Waals surface area contributed by atoms with Gasteiger partial charge in [0.25, 0.3) is 11.8 Å². The predicted molar refractivity (Wildman–Crippen MR) is 211 cm³/mol. The van der Waals surface area contributed by atoms with E-state index in [1.54, 1.807) is 73.8 Å². The summed E-state index contributed by atoms with van der Waals surface area (Å²) in [5, 5.41) is 13.7. The number of hydrogen-bond donors (Lipinski definition) is 2. The predicted octanol–water partition coefficient (Wildman–Crippen LogP) is 8.19. The molecule has 8 rings (SSSR count). The third kappa shape index (κ3) is 5.58. The lowest BCUT2D eigenvalue weighted by molar-refractivity contribution is -0.138. The van der Waals surface area contributed by atoms with Crippen LogP contribution in [0.5, 0.6) is 11.5 Å². The summed E-state index contributed by atoms with van der Waals surface area (Å²) in [7, 11) is 1.55. The van der Waals surface area contributed by atoms with Crippen molar-refractivity contribution in [2.75, 3.05) is 17.4 Å². The van der Waals surface area contributed by atoms with Crippen LogP contribution in [0.25, 0.3) is 0 Å². The minimum atomic E-state index is -1.60. The average molecular weight is 777 g/mol. The van der Waals surface area contributed by atoms with Crippen molar-refractivity contribution in [1.29, 1.82) is 0 Å². The van der Waals surface area contributed by atoms with Gasteiger partial charge in [0.2, 0.25) is 11.8 Å². The molecular weight excluding hydrogens is 737 g/mol. The average Bonchev–Trinajstić information content (AvgIpc) is 3.57. The molecule has 2 aliphatic heterocycles. The van der Waals surface area contributed by atoms with E-state index in [9.17, 15) is 14.7 Å². The van der Waals surface area contributed by atoms with E-state index in [1.807, 2.05) is 31.2 Å². The van der Waals surface area contributed by atoms with Crippen molar-refractivity contribution < 1.29 is 29.0 Å². The molecule has 0 bridgehead atoms. The number of hydrazine groups is 1. The Balaban J connectivity index is 1.34. The Morgan fingerprint density at radius 3 is 2.36 bits per heavy atom. The number of nitrogens with zero attached hydrogens (tertiary/aromatic N) is 2. The number of carbonyl (C=O) groups excluding carboxylic acids is 4. The van der Waals surface area contributed by atoms with Crippen LogP contribution in [-0.4, -0.2) is 40.9 Å². The standard InChI is InChI=1S/C44H39Cl2N3O6/c1-4-7-25-8-6-9-32(39(25)50)38-30-19-20-31-37(42(53)48(40(31)51)28-15-10-24(5-2)11-16-28)33(30)23-34-41(52)49(47-36-21-14-27(45)22-35(36)46)43(54)44(34,38)26-12-17-29(55-3)18-13-26/h4,6,8-19,21-22,31,33-34,37-38,47,50H,1,5,7,20,23H2,2-3H3/t31-,33+,34-,37-,38+,44+/m0/s1. The van der Waals surface area contributed by atoms with Gasteiger partial charge in [0.1, 0.15) is 11.5 Å². The zero-order chi connectivity index (χ0) is 38.8. The molecule has 0 aromatic heterocycles. The number of carbonyl (C=O) groups is 4. The number of amides is 4. The molecule has 6 atom stereocenters. The van der Waals surface area contributed by atoms with Crippen LogP contribution in [0.3, 0.4) is 0 Å². The molecule has 4 amide bonds. The van der Waals surface area contributed by atoms with Gasteiger partial charge < -0.3 is 9.84 Å². The van der Waals surface area contributed by atoms with Gasteiger partial charge in [0, 0.05) is 16.5 Å². The van der Waals surface area contributed by atoms with E-state index in [4.69, 9.17) is 27.9 Å². The normalized spacial score (nSPS) is 25.7. The number of ether oxygens (including phenoxy) is 1. The van der Waals surface area contributed by atoms with Crippen molar-refractivity contribution in [3.8, 4) is 11.5 Å². The Kier molecular flexibility index (Phi) is 9.34. The number of allylic oxidation sites excluding steroid dienone is 3. The molecule has 0 spiro atoms. The number of rotatable bonds is 9. The fraction of sp³-hybridized carbons (Fsp3) is 0.273. The largest absolute Gasteiger partial charge is 0.507 e. The molecule has 280 valence electrons. The van der Waals surface area contributed by atoms with Gasteiger partial charge in [-0.2, -0.15) is 5.01 Å². The SMILES string of the molecule is C=CCc1cccc([C@H]2C3=CC[C@@H]4C(=O)N(c5ccc(CC)cc5)C(=O)[C@@H]4[C@@H]3C[C@H]3C(=O)N(Nc4ccc(Cl)cc4Cl)C(=O)[C@@]23c2ccc(OC)cc2)c1O. The highest BCUT2D eigenvalue weighted by atomic mass is 35.5. The number of halogens is 2. The fourth-order valence-corrected chi connectivity index (χ4v) is 9.94. The van der Waals surface area contributed by atoms with Crippen molar-refractivity contribution in [1.82, 2.24) is 5.01 Å². The second-order valence-corrected chi connectivity index (χ2v) is 15.4. The summed E-state index contributed by atoms with van der Waals surface area (Å²) in [6.07, 6.45) is 5.17. The maximum absolute atomic E-state index is 15.5. The summed E-state index contributed by atoms with van der Waals surface area (Å²) >= 11 is 12.8. The number of imide groups is 2. The number of hydrogen-bond acceptors (Lipinski definition) is 7. The highest BCUT2D eigenvalue weighted by Gasteiger charge is 2.70. The van der Waals surface area contributed by atoms with Crippen LogP contribution in [0.2, 0.25) is 10.0 Å². The summed E-state index contributed by atoms with van der Waals surface area (Å²) in [5.74, 6) is -5.16. The van der Waals surface area contributed by atoms with Gasteiger partial charge in [-0.05, 0) is 90.8 Å². The lowest BCUT2D eigenvalue weighted by Crippen LogP contribution is -2.53. The minimum Gasteiger partial charge on any atom is -0.507 e. The monoisotopic (exact) mass is 775 g/mol. The van der Waals surface area contributed by atoms with Crippen LogP contribution >= 0.6 is 23.2 Å². The molecule has 2 heterocycles. The van der Waals surface area contributed by atoms with Crippen molar-refractivity contribution in [3.63, 3.8) is 0 Å². The molecular formula is C44H39Cl2N3O6. The zero-order valence-corrected chi connectivity index (χ0v) is 31.8. The summed E-state index contributed by atoms with van der Waals surface area (Å²) in [5.41, 5.74) is 5.58. The Hall–Kier alpha value is -5.38. The first kappa shape index (κ1) is 36.6. The number of fused-ring (bicyclic) bond motifs is 4. The van der Waals surface area contributed by atoms with E-state index in [2.05, 4.69) is 12.0 Å². The number of phenols is 1. The number of phenolic OH excluding ortho intramolecular Hbond substituents is 1. The molecule has 0 radical (unpaired) electrons. The summed E-state index contributed by atoms with van der Waals surface area (Å²) in [6.45, 7) is 5.91. The molecule has 55 heavy (non-hydrogen) atoms. The minimum absolute atomic E-state index is 0.0263. The summed E-state index contributed by atoms with van der Waals surface area (Å²) < 4.78 is 5.49. The van der Waals surface area contributed by atoms with E-state index in [-0.39, 0.29) is 35.4 Å². The van der Waals surface area contributed by atoms with E-state index < -0.39 is 46.8 Å². The molecule has 0 unspecified atom stereocenters. The smallest absolute Gasteiger partial charge is 0.260 e. The lowest BCUT2D eigenvalue weighted by Gasteiger charge is -2.50. The van der Waals surface area contributed by atoms with E-state index in [0.717, 1.165) is 22.6 Å². The number of para-hydroxylation sites is 1. The van der Waals surface area contributed by atoms with Crippen molar-refractivity contribution in [3.05, 3.63) is 142 Å². The third-order valence-corrected chi connectivity index (χ3v) is 12.6. The van der Waals surface area contributed by atoms with Gasteiger partial charge in [0.15, 0.2) is 0 Å². The second-order valence-electron chi connectivity index (χ2n) is 14.6. The van der Waals surface area contributed by atoms with Crippen molar-refractivity contribution >= 4 is 58.2 Å². The number of aromatic hydroxyl groups is 1. The van der Waals surface area contributed by atoms with Crippen LogP contribution < -0.4 is 15.1 Å². The Labute approximate surface area is 329 Å². The molecule has 4 aromatic rings. The Morgan fingerprint density at radius 2 is 1.69 bits per heavy atom. The van der Waals surface area contributed by atoms with Crippen LogP contribution in [0.4, 0.5) is 11.4 Å². The number of benzene rings is 4. The molecule has 4 aromatic carbocycles. The van der Waals surface area contributed by atoms with Gasteiger partial charge >= 0.3 is 0 Å². The second kappa shape index (κ2) is 14.0. The van der Waals surface area contributed by atoms with Gasteiger partial charge in [-0.1, -0.05) is 90.3 Å². The Bertz CT molecular complexity index is 2290. The van der Waals surface area contributed by atoms with Crippen LogP contribution in [0.15, 0.2) is 109 Å². The summed E-state index contributed by atoms with van der Waals surface area (Å²) in [4.78, 5) is 60.6. The van der Waals surface area contributed by atoms with Crippen molar-refractivity contribution in [2.45, 2.75) is 43.9 Å². The summed E-state index contributed by atoms with van der Waals surface area (Å²) in [6, 6.07) is 24.6. The Morgan fingerprint density at radius 1 is 0.945 bits per heavy atom. The first-order chi connectivity index (χ1) is 26.5. The molecule has 2 saturated heterocycles. The van der Waals surface area contributed by atoms with Gasteiger partial charge in [0.05, 0.1) is 46.7 Å². The molecule has 4 aliphatic rings. The molecule has 3 fully saturated rings. The van der Waals surface area contributed by atoms with Gasteiger partial charge in [-0.25, -0.2) is 0 Å². The van der Waals surface area contributed by atoms with Gasteiger partial charge in [-0.15, -0.1) is 6.58 Å². The fourth-order valence-electron chi connectivity index (χ4n) is 9.49. The van der Waals surface area contributed by atoms with Crippen LogP contribution in [0.1, 0.15) is 47.9 Å². The van der Waals surface area contributed by atoms with E-state index in [1.165, 1.54) is 11.0 Å². The maximum atomic E-state index is 15.5. The van der Waals surface area contributed by atoms with Crippen molar-refractivity contribution in [2.24, 2.45) is 23.7 Å². The number of aryl methyl sites for hydroxylation is 1. The number of methoxy groups -OCH3 is 1. The maximum Gasteiger partial charge on any atom is 0.260 e. The number of nitrogens with one attached hydrogen (secondary N) is 1. The van der Waals surface area contributed by atoms with E-state index in [0.29, 0.717) is 45.3 Å². The molecule has 9 nitrogen and oxygen atoms in total. The van der Waals surface area contributed by atoms with Crippen LogP contribution in [0, 0.1) is 23.7 Å². The van der Waals surface area contributed by atoms with Crippen LogP contribution in [-0.2, 0) is 37.4 Å².